The SMILES string of the molecule is COc1cc(C)c(C[NH+]2CC[NH+](Cc3nnc(-c4cccs4)o3)CC2)cc1OC. The highest BCUT2D eigenvalue weighted by Crippen LogP contribution is 2.30. The van der Waals surface area contributed by atoms with Crippen LogP contribution in [0.25, 0.3) is 10.8 Å². The van der Waals surface area contributed by atoms with Gasteiger partial charge in [-0.25, -0.2) is 0 Å². The summed E-state index contributed by atoms with van der Waals surface area (Å²) >= 11 is 1.62. The van der Waals surface area contributed by atoms with Crippen molar-refractivity contribution in [2.45, 2.75) is 20.0 Å². The number of thiophene rings is 1. The zero-order valence-electron chi connectivity index (χ0n) is 17.2. The van der Waals surface area contributed by atoms with Gasteiger partial charge in [-0.05, 0) is 36.1 Å². The number of nitrogens with one attached hydrogen (secondary N) is 2. The van der Waals surface area contributed by atoms with E-state index in [0.717, 1.165) is 61.5 Å². The van der Waals surface area contributed by atoms with Gasteiger partial charge < -0.3 is 23.7 Å². The molecule has 0 radical (unpaired) electrons. The maximum atomic E-state index is 5.85. The Kier molecular flexibility index (Phi) is 6.13. The number of benzene rings is 1. The Morgan fingerprint density at radius 3 is 2.34 bits per heavy atom. The van der Waals surface area contributed by atoms with E-state index in [4.69, 9.17) is 13.9 Å². The molecule has 154 valence electrons. The Bertz CT molecular complexity index is 934. The molecule has 1 aliphatic heterocycles. The van der Waals surface area contributed by atoms with Gasteiger partial charge in [0.15, 0.2) is 18.0 Å². The van der Waals surface area contributed by atoms with E-state index in [1.807, 2.05) is 17.5 Å². The lowest BCUT2D eigenvalue weighted by Crippen LogP contribution is -3.27. The highest BCUT2D eigenvalue weighted by Gasteiger charge is 2.26. The van der Waals surface area contributed by atoms with Gasteiger partial charge >= 0.3 is 0 Å². The van der Waals surface area contributed by atoms with Crippen LogP contribution in [0.15, 0.2) is 34.1 Å². The molecule has 2 aromatic heterocycles. The molecule has 0 amide bonds. The topological polar surface area (TPSA) is 66.3 Å². The van der Waals surface area contributed by atoms with E-state index in [1.54, 1.807) is 30.5 Å². The molecule has 1 aliphatic rings. The third-order valence-electron chi connectivity index (χ3n) is 5.55. The van der Waals surface area contributed by atoms with Crippen LogP contribution in [-0.2, 0) is 13.1 Å². The molecule has 29 heavy (non-hydrogen) atoms. The van der Waals surface area contributed by atoms with Crippen LogP contribution in [0.4, 0.5) is 0 Å². The molecule has 0 saturated carbocycles. The average molecular weight is 417 g/mol. The van der Waals surface area contributed by atoms with Crippen LogP contribution in [0.1, 0.15) is 17.0 Å². The van der Waals surface area contributed by atoms with Gasteiger partial charge in [0.25, 0.3) is 11.8 Å². The quantitative estimate of drug-likeness (QED) is 0.591. The van der Waals surface area contributed by atoms with E-state index in [1.165, 1.54) is 16.0 Å². The summed E-state index contributed by atoms with van der Waals surface area (Å²) in [7, 11) is 3.37. The molecular formula is C21H28N4O3S+2. The fourth-order valence-corrected chi connectivity index (χ4v) is 4.48. The molecule has 2 N–H and O–H groups in total. The maximum absolute atomic E-state index is 5.85. The van der Waals surface area contributed by atoms with E-state index in [-0.39, 0.29) is 0 Å². The zero-order chi connectivity index (χ0) is 20.2. The number of nitrogens with zero attached hydrogens (tertiary/aromatic N) is 2. The van der Waals surface area contributed by atoms with E-state index in [0.29, 0.717) is 5.89 Å². The van der Waals surface area contributed by atoms with Crippen molar-refractivity contribution >= 4 is 11.3 Å². The molecule has 1 aromatic carbocycles. The summed E-state index contributed by atoms with van der Waals surface area (Å²) in [6.07, 6.45) is 0. The number of piperazine rings is 1. The Morgan fingerprint density at radius 1 is 1.00 bits per heavy atom. The van der Waals surface area contributed by atoms with Crippen LogP contribution in [-0.4, -0.2) is 50.6 Å². The minimum absolute atomic E-state index is 0.627. The highest BCUT2D eigenvalue weighted by molar-refractivity contribution is 7.13. The van der Waals surface area contributed by atoms with Gasteiger partial charge in [-0.3, -0.25) is 0 Å². The van der Waals surface area contributed by atoms with Gasteiger partial charge in [-0.1, -0.05) is 6.07 Å². The highest BCUT2D eigenvalue weighted by atomic mass is 32.1. The first-order valence-corrected chi connectivity index (χ1v) is 10.8. The third-order valence-corrected chi connectivity index (χ3v) is 6.40. The lowest BCUT2D eigenvalue weighted by molar-refractivity contribution is -1.02. The Balaban J connectivity index is 1.32. The number of rotatable bonds is 7. The first-order valence-electron chi connectivity index (χ1n) is 9.91. The molecule has 0 spiro atoms. The van der Waals surface area contributed by atoms with Crippen molar-refractivity contribution in [3.63, 3.8) is 0 Å². The summed E-state index contributed by atoms with van der Waals surface area (Å²) in [5, 5.41) is 10.4. The lowest BCUT2D eigenvalue weighted by Gasteiger charge is -2.29. The summed E-state index contributed by atoms with van der Waals surface area (Å²) < 4.78 is 16.7. The Labute approximate surface area is 174 Å². The number of aromatic nitrogens is 2. The molecule has 0 atom stereocenters. The first-order chi connectivity index (χ1) is 14.2. The second kappa shape index (κ2) is 8.94. The molecular weight excluding hydrogens is 388 g/mol. The fraction of sp³-hybridized carbons (Fsp3) is 0.429. The fourth-order valence-electron chi connectivity index (χ4n) is 3.83. The Morgan fingerprint density at radius 2 is 1.69 bits per heavy atom. The normalized spacial score (nSPS) is 19.3. The molecule has 0 bridgehead atoms. The van der Waals surface area contributed by atoms with Gasteiger partial charge in [0.2, 0.25) is 0 Å². The van der Waals surface area contributed by atoms with Crippen molar-refractivity contribution in [2.24, 2.45) is 0 Å². The summed E-state index contributed by atoms with van der Waals surface area (Å²) in [5.74, 6) is 2.94. The zero-order valence-corrected chi connectivity index (χ0v) is 18.0. The molecule has 7 nitrogen and oxygen atoms in total. The van der Waals surface area contributed by atoms with Crippen LogP contribution in [0.5, 0.6) is 11.5 Å². The van der Waals surface area contributed by atoms with Crippen molar-refractivity contribution < 1.29 is 23.7 Å². The minimum atomic E-state index is 0.627. The lowest BCUT2D eigenvalue weighted by atomic mass is 10.1. The monoisotopic (exact) mass is 416 g/mol. The molecule has 3 heterocycles. The molecule has 3 aromatic rings. The molecule has 0 aliphatic carbocycles. The van der Waals surface area contributed by atoms with E-state index in [9.17, 15) is 0 Å². The van der Waals surface area contributed by atoms with Crippen LogP contribution in [0.2, 0.25) is 0 Å². The average Bonchev–Trinajstić information content (AvgIpc) is 3.42. The predicted molar refractivity (Wildman–Crippen MR) is 111 cm³/mol. The van der Waals surface area contributed by atoms with Crippen molar-refractivity contribution in [2.75, 3.05) is 40.4 Å². The summed E-state index contributed by atoms with van der Waals surface area (Å²) in [4.78, 5) is 4.12. The van der Waals surface area contributed by atoms with E-state index in [2.05, 4.69) is 29.3 Å². The largest absolute Gasteiger partial charge is 0.493 e. The summed E-state index contributed by atoms with van der Waals surface area (Å²) in [5.41, 5.74) is 2.57. The third kappa shape index (κ3) is 4.60. The van der Waals surface area contributed by atoms with Gasteiger partial charge in [-0.2, -0.15) is 0 Å². The number of aryl methyl sites for hydroxylation is 1. The standard InChI is InChI=1S/C21H26N4O3S/c1-15-11-17(26-2)18(27-3)12-16(15)13-24-6-8-25(9-7-24)14-20-22-23-21(28-20)19-5-4-10-29-19/h4-5,10-12H,6-9,13-14H2,1-3H3/p+2. The minimum Gasteiger partial charge on any atom is -0.493 e. The van der Waals surface area contributed by atoms with Crippen LogP contribution in [0.3, 0.4) is 0 Å². The van der Waals surface area contributed by atoms with Crippen molar-refractivity contribution in [3.05, 3.63) is 46.7 Å². The van der Waals surface area contributed by atoms with E-state index >= 15 is 0 Å². The van der Waals surface area contributed by atoms with Crippen molar-refractivity contribution in [3.8, 4) is 22.3 Å². The van der Waals surface area contributed by atoms with Gasteiger partial charge in [-0.15, -0.1) is 21.5 Å². The van der Waals surface area contributed by atoms with Gasteiger partial charge in [0.1, 0.15) is 32.7 Å². The van der Waals surface area contributed by atoms with Crippen molar-refractivity contribution in [1.82, 2.24) is 10.2 Å². The van der Waals surface area contributed by atoms with Crippen LogP contribution >= 0.6 is 11.3 Å². The molecule has 1 fully saturated rings. The summed E-state index contributed by atoms with van der Waals surface area (Å²) in [6.45, 7) is 8.36. The number of hydrogen-bond acceptors (Lipinski definition) is 6. The van der Waals surface area contributed by atoms with E-state index < -0.39 is 0 Å². The summed E-state index contributed by atoms with van der Waals surface area (Å²) in [6, 6.07) is 8.19. The predicted octanol–water partition coefficient (Wildman–Crippen LogP) is 0.607. The van der Waals surface area contributed by atoms with Gasteiger partial charge in [0, 0.05) is 5.56 Å². The number of quaternary nitrogens is 2. The maximum Gasteiger partial charge on any atom is 0.271 e. The number of hydrogen-bond donors (Lipinski definition) is 2. The number of methoxy groups -OCH3 is 2. The van der Waals surface area contributed by atoms with Crippen LogP contribution in [0, 0.1) is 6.92 Å². The second-order valence-electron chi connectivity index (χ2n) is 7.47. The van der Waals surface area contributed by atoms with Crippen molar-refractivity contribution in [1.29, 1.82) is 0 Å². The molecule has 0 unspecified atom stereocenters. The van der Waals surface area contributed by atoms with Gasteiger partial charge in [0.05, 0.1) is 19.1 Å². The molecule has 1 saturated heterocycles. The Hall–Kier alpha value is -2.42. The second-order valence-corrected chi connectivity index (χ2v) is 8.41. The number of ether oxygens (including phenoxy) is 2. The van der Waals surface area contributed by atoms with Crippen LogP contribution < -0.4 is 19.3 Å². The molecule has 4 rings (SSSR count). The smallest absolute Gasteiger partial charge is 0.271 e. The first kappa shape index (κ1) is 19.9. The molecule has 8 heteroatoms.